The van der Waals surface area contributed by atoms with Gasteiger partial charge in [0.25, 0.3) is 0 Å². The van der Waals surface area contributed by atoms with Crippen LogP contribution in [0.4, 0.5) is 0 Å². The zero-order chi connectivity index (χ0) is 14.5. The van der Waals surface area contributed by atoms with Crippen LogP contribution in [0.3, 0.4) is 0 Å². The summed E-state index contributed by atoms with van der Waals surface area (Å²) < 4.78 is 0. The van der Waals surface area contributed by atoms with E-state index in [1.165, 1.54) is 11.8 Å². The van der Waals surface area contributed by atoms with Crippen LogP contribution >= 0.6 is 23.5 Å². The van der Waals surface area contributed by atoms with Crippen molar-refractivity contribution in [2.24, 2.45) is 0 Å². The van der Waals surface area contributed by atoms with E-state index < -0.39 is 0 Å². The molecule has 0 aliphatic carbocycles. The van der Waals surface area contributed by atoms with Crippen LogP contribution in [0.2, 0.25) is 0 Å². The number of Topliss-reactive ketones (excluding diaryl/α,β-unsaturated/α-hetero) is 1. The Morgan fingerprint density at radius 1 is 1.10 bits per heavy atom. The third kappa shape index (κ3) is 4.08. The Hall–Kier alpha value is -1.33. The molecule has 0 radical (unpaired) electrons. The minimum absolute atomic E-state index is 0.102. The van der Waals surface area contributed by atoms with E-state index in [1.807, 2.05) is 50.4 Å². The summed E-state index contributed by atoms with van der Waals surface area (Å²) in [6, 6.07) is 9.60. The number of ketones is 1. The molecule has 0 amide bonds. The lowest BCUT2D eigenvalue weighted by molar-refractivity contribution is 0.102. The number of hydrogen-bond acceptors (Lipinski definition) is 5. The van der Waals surface area contributed by atoms with Crippen molar-refractivity contribution in [1.82, 2.24) is 9.97 Å². The molecule has 2 rings (SSSR count). The lowest BCUT2D eigenvalue weighted by atomic mass is 10.1. The van der Waals surface area contributed by atoms with Crippen LogP contribution < -0.4 is 0 Å². The largest absolute Gasteiger partial charge is 0.293 e. The molecule has 0 saturated carbocycles. The van der Waals surface area contributed by atoms with Crippen molar-refractivity contribution in [1.29, 1.82) is 0 Å². The number of thioether (sulfide) groups is 2. The molecule has 0 unspecified atom stereocenters. The average molecular weight is 304 g/mol. The molecule has 1 aromatic carbocycles. The number of nitrogens with zero attached hydrogens (tertiary/aromatic N) is 2. The molecule has 0 aliphatic rings. The molecule has 0 spiro atoms. The van der Waals surface area contributed by atoms with Crippen LogP contribution in [0.1, 0.15) is 21.7 Å². The molecule has 0 bridgehead atoms. The maximum absolute atomic E-state index is 12.1. The maximum atomic E-state index is 12.1. The first-order chi connectivity index (χ1) is 9.58. The van der Waals surface area contributed by atoms with Crippen molar-refractivity contribution >= 4 is 29.3 Å². The average Bonchev–Trinajstić information content (AvgIpc) is 2.44. The van der Waals surface area contributed by atoms with Gasteiger partial charge in [-0.2, -0.15) is 0 Å². The second-order valence-corrected chi connectivity index (χ2v) is 6.20. The van der Waals surface area contributed by atoms with E-state index in [4.69, 9.17) is 0 Å². The topological polar surface area (TPSA) is 42.9 Å². The molecular weight excluding hydrogens is 288 g/mol. The van der Waals surface area contributed by atoms with E-state index in [-0.39, 0.29) is 5.78 Å². The number of carbonyl (C=O) groups excluding carboxylic acids is 1. The fraction of sp³-hybridized carbons (Fsp3) is 0.267. The molecule has 0 N–H and O–H groups in total. The predicted octanol–water partition coefficient (Wildman–Crippen LogP) is 3.79. The van der Waals surface area contributed by atoms with Crippen LogP contribution in [-0.4, -0.2) is 27.8 Å². The summed E-state index contributed by atoms with van der Waals surface area (Å²) in [6.45, 7) is 3.86. The summed E-state index contributed by atoms with van der Waals surface area (Å²) >= 11 is 3.05. The fourth-order valence-corrected chi connectivity index (χ4v) is 3.00. The van der Waals surface area contributed by atoms with Gasteiger partial charge in [-0.1, -0.05) is 23.9 Å². The van der Waals surface area contributed by atoms with Gasteiger partial charge in [0.2, 0.25) is 0 Å². The Morgan fingerprint density at radius 3 is 2.25 bits per heavy atom. The van der Waals surface area contributed by atoms with Gasteiger partial charge < -0.3 is 0 Å². The minimum atomic E-state index is 0.102. The maximum Gasteiger partial charge on any atom is 0.188 e. The SMILES string of the molecule is CSc1ccc(C(=O)CSc2nc(C)cc(C)n2)cc1. The number of benzene rings is 1. The first kappa shape index (κ1) is 15.1. The normalized spacial score (nSPS) is 10.6. The molecule has 3 nitrogen and oxygen atoms in total. The summed E-state index contributed by atoms with van der Waals surface area (Å²) in [5, 5.41) is 0.664. The van der Waals surface area contributed by atoms with Crippen molar-refractivity contribution in [3.05, 3.63) is 47.3 Å². The molecule has 2 aromatic rings. The van der Waals surface area contributed by atoms with E-state index in [2.05, 4.69) is 9.97 Å². The van der Waals surface area contributed by atoms with E-state index in [0.29, 0.717) is 10.9 Å². The third-order valence-corrected chi connectivity index (χ3v) is 4.30. The van der Waals surface area contributed by atoms with Gasteiger partial charge in [0, 0.05) is 21.8 Å². The van der Waals surface area contributed by atoms with Gasteiger partial charge in [-0.05, 0) is 38.3 Å². The zero-order valence-electron chi connectivity index (χ0n) is 11.7. The first-order valence-corrected chi connectivity index (χ1v) is 8.42. The summed E-state index contributed by atoms with van der Waals surface area (Å²) in [6.07, 6.45) is 2.02. The second-order valence-electron chi connectivity index (χ2n) is 4.37. The van der Waals surface area contributed by atoms with Crippen molar-refractivity contribution < 1.29 is 4.79 Å². The Morgan fingerprint density at radius 2 is 1.70 bits per heavy atom. The van der Waals surface area contributed by atoms with Crippen LogP contribution in [0.15, 0.2) is 40.4 Å². The molecule has 0 atom stereocenters. The van der Waals surface area contributed by atoms with E-state index in [0.717, 1.165) is 21.8 Å². The Balaban J connectivity index is 2.00. The zero-order valence-corrected chi connectivity index (χ0v) is 13.3. The van der Waals surface area contributed by atoms with Gasteiger partial charge in [0.1, 0.15) is 0 Å². The summed E-state index contributed by atoms with van der Waals surface area (Å²) in [5.74, 6) is 0.465. The van der Waals surface area contributed by atoms with Crippen molar-refractivity contribution in [2.45, 2.75) is 23.9 Å². The van der Waals surface area contributed by atoms with Crippen molar-refractivity contribution in [3.63, 3.8) is 0 Å². The van der Waals surface area contributed by atoms with E-state index in [9.17, 15) is 4.79 Å². The molecule has 1 heterocycles. The predicted molar refractivity (Wildman–Crippen MR) is 84.8 cm³/mol. The van der Waals surface area contributed by atoms with E-state index in [1.54, 1.807) is 11.8 Å². The van der Waals surface area contributed by atoms with Crippen LogP contribution in [0.5, 0.6) is 0 Å². The highest BCUT2D eigenvalue weighted by Crippen LogP contribution is 2.18. The smallest absolute Gasteiger partial charge is 0.188 e. The monoisotopic (exact) mass is 304 g/mol. The minimum Gasteiger partial charge on any atom is -0.293 e. The van der Waals surface area contributed by atoms with Crippen LogP contribution in [-0.2, 0) is 0 Å². The van der Waals surface area contributed by atoms with Gasteiger partial charge in [-0.3, -0.25) is 4.79 Å². The molecular formula is C15H16N2OS2. The highest BCUT2D eigenvalue weighted by molar-refractivity contribution is 7.99. The van der Waals surface area contributed by atoms with Crippen molar-refractivity contribution in [2.75, 3.05) is 12.0 Å². The third-order valence-electron chi connectivity index (χ3n) is 2.71. The highest BCUT2D eigenvalue weighted by atomic mass is 32.2. The van der Waals surface area contributed by atoms with Crippen LogP contribution in [0.25, 0.3) is 0 Å². The van der Waals surface area contributed by atoms with E-state index >= 15 is 0 Å². The fourth-order valence-electron chi connectivity index (χ4n) is 1.75. The lowest BCUT2D eigenvalue weighted by Gasteiger charge is -2.03. The number of rotatable bonds is 5. The Bertz CT molecular complexity index is 592. The molecule has 20 heavy (non-hydrogen) atoms. The number of aromatic nitrogens is 2. The first-order valence-electron chi connectivity index (χ1n) is 6.21. The summed E-state index contributed by atoms with van der Waals surface area (Å²) in [4.78, 5) is 21.9. The van der Waals surface area contributed by atoms with Gasteiger partial charge in [-0.15, -0.1) is 11.8 Å². The van der Waals surface area contributed by atoms with Crippen LogP contribution in [0, 0.1) is 13.8 Å². The molecule has 5 heteroatoms. The molecule has 0 aliphatic heterocycles. The van der Waals surface area contributed by atoms with Gasteiger partial charge in [0.05, 0.1) is 5.75 Å². The van der Waals surface area contributed by atoms with Gasteiger partial charge in [-0.25, -0.2) is 9.97 Å². The lowest BCUT2D eigenvalue weighted by Crippen LogP contribution is -2.03. The Labute approximate surface area is 127 Å². The van der Waals surface area contributed by atoms with Gasteiger partial charge >= 0.3 is 0 Å². The quantitative estimate of drug-likeness (QED) is 0.477. The number of aryl methyl sites for hydroxylation is 2. The van der Waals surface area contributed by atoms with Gasteiger partial charge in [0.15, 0.2) is 10.9 Å². The molecule has 1 aromatic heterocycles. The molecule has 0 saturated heterocycles. The molecule has 0 fully saturated rings. The standard InChI is InChI=1S/C15H16N2OS2/c1-10-8-11(2)17-15(16-10)20-9-14(18)12-4-6-13(19-3)7-5-12/h4-8H,9H2,1-3H3. The van der Waals surface area contributed by atoms with Crippen molar-refractivity contribution in [3.8, 4) is 0 Å². The number of hydrogen-bond donors (Lipinski definition) is 0. The summed E-state index contributed by atoms with van der Waals surface area (Å²) in [5.41, 5.74) is 2.59. The molecule has 104 valence electrons. The summed E-state index contributed by atoms with van der Waals surface area (Å²) in [7, 11) is 0. The number of carbonyl (C=O) groups is 1. The highest BCUT2D eigenvalue weighted by Gasteiger charge is 2.08. The Kier molecular flexibility index (Phi) is 5.20. The second kappa shape index (κ2) is 6.90.